The molecule has 0 unspecified atom stereocenters. The number of nitrogens with one attached hydrogen (secondary N) is 1. The molecule has 0 saturated heterocycles. The van der Waals surface area contributed by atoms with Gasteiger partial charge in [0.25, 0.3) is 5.91 Å². The number of carbonyl (C=O) groups is 1. The van der Waals surface area contributed by atoms with Crippen molar-refractivity contribution in [2.45, 2.75) is 38.6 Å². The number of aryl methyl sites for hydroxylation is 2. The van der Waals surface area contributed by atoms with Crippen molar-refractivity contribution in [1.82, 2.24) is 25.2 Å². The smallest absolute Gasteiger partial charge is 0.270 e. The van der Waals surface area contributed by atoms with Crippen molar-refractivity contribution >= 4 is 17.2 Å². The Hall–Kier alpha value is -2.48. The first-order chi connectivity index (χ1) is 12.2. The minimum Gasteiger partial charge on any atom is -0.343 e. The summed E-state index contributed by atoms with van der Waals surface area (Å²) in [7, 11) is 1.82. The summed E-state index contributed by atoms with van der Waals surface area (Å²) < 4.78 is 6.94. The summed E-state index contributed by atoms with van der Waals surface area (Å²) in [5.74, 6) is 0.906. The van der Waals surface area contributed by atoms with Crippen LogP contribution in [-0.2, 0) is 32.9 Å². The lowest BCUT2D eigenvalue weighted by Crippen LogP contribution is -2.27. The van der Waals surface area contributed by atoms with Crippen molar-refractivity contribution in [1.29, 1.82) is 0 Å². The van der Waals surface area contributed by atoms with Gasteiger partial charge in [-0.1, -0.05) is 11.2 Å². The van der Waals surface area contributed by atoms with Crippen LogP contribution in [0.3, 0.4) is 0 Å². The zero-order valence-electron chi connectivity index (χ0n) is 14.0. The highest BCUT2D eigenvalue weighted by molar-refractivity contribution is 7.09. The van der Waals surface area contributed by atoms with Gasteiger partial charge in [-0.25, -0.2) is 0 Å². The van der Waals surface area contributed by atoms with E-state index < -0.39 is 0 Å². The molecule has 3 aromatic heterocycles. The predicted molar refractivity (Wildman–Crippen MR) is 92.4 cm³/mol. The number of fused-ring (bicyclic) bond motifs is 1. The first-order valence-corrected chi connectivity index (χ1v) is 9.25. The number of rotatable bonds is 5. The first-order valence-electron chi connectivity index (χ1n) is 8.37. The molecule has 3 heterocycles. The third-order valence-electron chi connectivity index (χ3n) is 4.36. The van der Waals surface area contributed by atoms with Gasteiger partial charge in [0, 0.05) is 17.5 Å². The summed E-state index contributed by atoms with van der Waals surface area (Å²) in [4.78, 5) is 18.1. The summed E-state index contributed by atoms with van der Waals surface area (Å²) >= 11 is 1.65. The molecule has 0 aromatic carbocycles. The zero-order chi connectivity index (χ0) is 17.2. The Bertz CT molecular complexity index is 881. The van der Waals surface area contributed by atoms with Gasteiger partial charge in [0.2, 0.25) is 5.89 Å². The summed E-state index contributed by atoms with van der Waals surface area (Å²) in [5.41, 5.74) is 2.78. The van der Waals surface area contributed by atoms with Crippen LogP contribution < -0.4 is 5.32 Å². The van der Waals surface area contributed by atoms with Gasteiger partial charge in [0.1, 0.15) is 5.69 Å². The Morgan fingerprint density at radius 3 is 3.12 bits per heavy atom. The third kappa shape index (κ3) is 3.34. The second kappa shape index (κ2) is 6.79. The summed E-state index contributed by atoms with van der Waals surface area (Å²) in [6.07, 6.45) is 4.73. The Labute approximate surface area is 149 Å². The van der Waals surface area contributed by atoms with Gasteiger partial charge in [-0.2, -0.15) is 10.1 Å². The number of amides is 1. The van der Waals surface area contributed by atoms with Crippen molar-refractivity contribution in [3.05, 3.63) is 51.1 Å². The molecular weight excluding hydrogens is 338 g/mol. The van der Waals surface area contributed by atoms with Crippen molar-refractivity contribution in [3.63, 3.8) is 0 Å². The maximum atomic E-state index is 12.6. The van der Waals surface area contributed by atoms with Crippen LogP contribution in [0.4, 0.5) is 0 Å². The van der Waals surface area contributed by atoms with Gasteiger partial charge in [0.05, 0.1) is 18.7 Å². The lowest BCUT2D eigenvalue weighted by atomic mass is 9.95. The van der Waals surface area contributed by atoms with Crippen molar-refractivity contribution < 1.29 is 9.32 Å². The minimum absolute atomic E-state index is 0.136. The highest BCUT2D eigenvalue weighted by Crippen LogP contribution is 2.23. The van der Waals surface area contributed by atoms with E-state index in [2.05, 4.69) is 20.6 Å². The molecule has 0 saturated carbocycles. The van der Waals surface area contributed by atoms with Crippen LogP contribution in [-0.4, -0.2) is 25.8 Å². The molecule has 0 spiro atoms. The van der Waals surface area contributed by atoms with Crippen LogP contribution in [0.1, 0.15) is 51.2 Å². The predicted octanol–water partition coefficient (Wildman–Crippen LogP) is 2.26. The van der Waals surface area contributed by atoms with Crippen LogP contribution in [0, 0.1) is 0 Å². The van der Waals surface area contributed by atoms with Gasteiger partial charge >= 0.3 is 0 Å². The summed E-state index contributed by atoms with van der Waals surface area (Å²) in [6.45, 7) is 0.243. The first kappa shape index (κ1) is 16.0. The minimum atomic E-state index is -0.136. The molecule has 4 rings (SSSR count). The zero-order valence-corrected chi connectivity index (χ0v) is 14.8. The average molecular weight is 357 g/mol. The molecule has 7 nitrogen and oxygen atoms in total. The highest BCUT2D eigenvalue weighted by Gasteiger charge is 2.24. The van der Waals surface area contributed by atoms with Crippen LogP contribution >= 0.6 is 11.3 Å². The number of hydrogen-bond donors (Lipinski definition) is 1. The number of nitrogens with zero attached hydrogens (tertiary/aromatic N) is 4. The second-order valence-electron chi connectivity index (χ2n) is 6.15. The summed E-state index contributed by atoms with van der Waals surface area (Å²) in [5, 5.41) is 13.3. The fraction of sp³-hybridized carbons (Fsp3) is 0.412. The van der Waals surface area contributed by atoms with Gasteiger partial charge in [-0.05, 0) is 37.1 Å². The van der Waals surface area contributed by atoms with Crippen LogP contribution in [0.5, 0.6) is 0 Å². The molecule has 1 amide bonds. The molecule has 130 valence electrons. The lowest BCUT2D eigenvalue weighted by Gasteiger charge is -2.10. The van der Waals surface area contributed by atoms with E-state index in [1.54, 1.807) is 16.0 Å². The number of thiophene rings is 1. The van der Waals surface area contributed by atoms with E-state index in [0.29, 0.717) is 23.8 Å². The number of aromatic nitrogens is 4. The van der Waals surface area contributed by atoms with Crippen molar-refractivity contribution in [2.75, 3.05) is 0 Å². The van der Waals surface area contributed by atoms with Crippen LogP contribution in [0.25, 0.3) is 0 Å². The molecular formula is C17H19N5O2S. The molecule has 0 aliphatic heterocycles. The molecule has 1 aliphatic carbocycles. The largest absolute Gasteiger partial charge is 0.343 e. The Morgan fingerprint density at radius 2 is 2.28 bits per heavy atom. The molecule has 0 fully saturated rings. The monoisotopic (exact) mass is 357 g/mol. The SMILES string of the molecule is Cn1nc2c(c1C(=O)NCc1noc(Cc3cccs3)n1)CCCC2. The van der Waals surface area contributed by atoms with Crippen molar-refractivity contribution in [3.8, 4) is 0 Å². The normalized spacial score (nSPS) is 13.6. The second-order valence-corrected chi connectivity index (χ2v) is 7.18. The van der Waals surface area contributed by atoms with Gasteiger partial charge < -0.3 is 9.84 Å². The van der Waals surface area contributed by atoms with E-state index >= 15 is 0 Å². The van der Waals surface area contributed by atoms with E-state index in [0.717, 1.165) is 36.9 Å². The van der Waals surface area contributed by atoms with Gasteiger partial charge in [0.15, 0.2) is 5.82 Å². The highest BCUT2D eigenvalue weighted by atomic mass is 32.1. The van der Waals surface area contributed by atoms with E-state index in [9.17, 15) is 4.79 Å². The van der Waals surface area contributed by atoms with E-state index in [1.807, 2.05) is 24.6 Å². The quantitative estimate of drug-likeness (QED) is 0.757. The topological polar surface area (TPSA) is 85.8 Å². The summed E-state index contributed by atoms with van der Waals surface area (Å²) in [6, 6.07) is 4.02. The van der Waals surface area contributed by atoms with Crippen LogP contribution in [0.2, 0.25) is 0 Å². The molecule has 1 aliphatic rings. The molecule has 0 bridgehead atoms. The number of hydrogen-bond acceptors (Lipinski definition) is 6. The molecule has 0 atom stereocenters. The van der Waals surface area contributed by atoms with Gasteiger partial charge in [-0.15, -0.1) is 11.3 Å². The van der Waals surface area contributed by atoms with Gasteiger partial charge in [-0.3, -0.25) is 9.48 Å². The van der Waals surface area contributed by atoms with E-state index in [1.165, 1.54) is 4.88 Å². The molecule has 8 heteroatoms. The Balaban J connectivity index is 1.41. The maximum Gasteiger partial charge on any atom is 0.270 e. The molecule has 25 heavy (non-hydrogen) atoms. The van der Waals surface area contributed by atoms with E-state index in [4.69, 9.17) is 4.52 Å². The lowest BCUT2D eigenvalue weighted by molar-refractivity contribution is 0.0939. The molecule has 3 aromatic rings. The number of carbonyl (C=O) groups excluding carboxylic acids is 1. The maximum absolute atomic E-state index is 12.6. The fourth-order valence-electron chi connectivity index (χ4n) is 3.20. The standard InChI is InChI=1S/C17H19N5O2S/c1-22-16(12-6-2-3-7-13(12)20-22)17(23)18-10-14-19-15(24-21-14)9-11-5-4-8-25-11/h4-5,8H,2-3,6-7,9-10H2,1H3,(H,18,23). The van der Waals surface area contributed by atoms with Crippen molar-refractivity contribution in [2.24, 2.45) is 7.05 Å². The molecule has 0 radical (unpaired) electrons. The van der Waals surface area contributed by atoms with Crippen LogP contribution in [0.15, 0.2) is 22.0 Å². The fourth-order valence-corrected chi connectivity index (χ4v) is 3.90. The Kier molecular flexibility index (Phi) is 4.35. The third-order valence-corrected chi connectivity index (χ3v) is 5.23. The van der Waals surface area contributed by atoms with E-state index in [-0.39, 0.29) is 12.5 Å². The average Bonchev–Trinajstić information content (AvgIpc) is 3.32. The Morgan fingerprint density at radius 1 is 1.40 bits per heavy atom. The molecule has 1 N–H and O–H groups in total.